The summed E-state index contributed by atoms with van der Waals surface area (Å²) in [6.07, 6.45) is 2.83. The van der Waals surface area contributed by atoms with Crippen molar-refractivity contribution in [1.82, 2.24) is 4.98 Å². The van der Waals surface area contributed by atoms with E-state index in [0.717, 1.165) is 15.9 Å². The Hall–Kier alpha value is -1.40. The quantitative estimate of drug-likeness (QED) is 0.838. The van der Waals surface area contributed by atoms with Crippen molar-refractivity contribution in [3.05, 3.63) is 44.3 Å². The lowest BCUT2D eigenvalue weighted by atomic mass is 10.1. The third-order valence-electron chi connectivity index (χ3n) is 2.87. The molecule has 4 nitrogen and oxygen atoms in total. The van der Waals surface area contributed by atoms with E-state index in [2.05, 4.69) is 33.2 Å². The predicted molar refractivity (Wildman–Crippen MR) is 84.6 cm³/mol. The number of thiazole rings is 1. The smallest absolute Gasteiger partial charge is 0.337 e. The number of carboxylic acids is 1. The number of hydrogen-bond donors (Lipinski definition) is 2. The summed E-state index contributed by atoms with van der Waals surface area (Å²) in [7, 11) is 0. The van der Waals surface area contributed by atoms with Gasteiger partial charge in [-0.15, -0.1) is 11.3 Å². The zero-order chi connectivity index (χ0) is 14.7. The van der Waals surface area contributed by atoms with Crippen LogP contribution in [-0.2, 0) is 6.42 Å². The van der Waals surface area contributed by atoms with Gasteiger partial charge in [0.15, 0.2) is 0 Å². The van der Waals surface area contributed by atoms with Crippen LogP contribution >= 0.6 is 27.3 Å². The predicted octanol–water partition coefficient (Wildman–Crippen LogP) is 4.34. The van der Waals surface area contributed by atoms with Crippen LogP contribution in [0.3, 0.4) is 0 Å². The van der Waals surface area contributed by atoms with Gasteiger partial charge >= 0.3 is 5.97 Å². The number of rotatable bonds is 5. The summed E-state index contributed by atoms with van der Waals surface area (Å²) >= 11 is 5.01. The fourth-order valence-electron chi connectivity index (χ4n) is 1.80. The molecular formula is C14H15BrN2O2S. The second-order valence-electron chi connectivity index (χ2n) is 4.38. The van der Waals surface area contributed by atoms with E-state index >= 15 is 0 Å². The number of halogens is 1. The van der Waals surface area contributed by atoms with E-state index in [1.165, 1.54) is 4.88 Å². The van der Waals surface area contributed by atoms with E-state index in [-0.39, 0.29) is 11.6 Å². The Bertz CT molecular complexity index is 627. The third kappa shape index (κ3) is 3.37. The molecule has 0 bridgehead atoms. The number of nitrogens with zero attached hydrogens (tertiary/aromatic N) is 1. The molecule has 0 saturated heterocycles. The molecule has 0 aliphatic heterocycles. The number of carbonyl (C=O) groups is 1. The summed E-state index contributed by atoms with van der Waals surface area (Å²) in [6.45, 7) is 4.07. The van der Waals surface area contributed by atoms with Gasteiger partial charge in [-0.2, -0.15) is 0 Å². The Balaban J connectivity index is 2.24. The summed E-state index contributed by atoms with van der Waals surface area (Å²) in [5.74, 6) is -0.944. The Morgan fingerprint density at radius 1 is 1.55 bits per heavy atom. The molecule has 2 aromatic rings. The van der Waals surface area contributed by atoms with Gasteiger partial charge in [0.25, 0.3) is 0 Å². The molecule has 0 saturated carbocycles. The maximum atomic E-state index is 11.2. The molecule has 0 radical (unpaired) electrons. The van der Waals surface area contributed by atoms with Gasteiger partial charge in [0.1, 0.15) is 5.01 Å². The molecule has 1 aromatic heterocycles. The fourth-order valence-corrected chi connectivity index (χ4v) is 3.02. The van der Waals surface area contributed by atoms with Crippen LogP contribution in [0.15, 0.2) is 28.9 Å². The van der Waals surface area contributed by atoms with Gasteiger partial charge in [-0.3, -0.25) is 0 Å². The van der Waals surface area contributed by atoms with Crippen molar-refractivity contribution in [3.63, 3.8) is 0 Å². The number of anilines is 1. The van der Waals surface area contributed by atoms with Crippen molar-refractivity contribution in [1.29, 1.82) is 0 Å². The van der Waals surface area contributed by atoms with Crippen LogP contribution in [0.4, 0.5) is 5.69 Å². The van der Waals surface area contributed by atoms with Gasteiger partial charge in [-0.1, -0.05) is 22.9 Å². The Morgan fingerprint density at radius 2 is 2.30 bits per heavy atom. The molecule has 20 heavy (non-hydrogen) atoms. The topological polar surface area (TPSA) is 62.2 Å². The number of hydrogen-bond acceptors (Lipinski definition) is 4. The van der Waals surface area contributed by atoms with Gasteiger partial charge in [0.05, 0.1) is 17.3 Å². The monoisotopic (exact) mass is 354 g/mol. The summed E-state index contributed by atoms with van der Waals surface area (Å²) in [5, 5.41) is 13.4. The standard InChI is InChI=1S/C14H15BrN2O2S/c1-3-10-7-16-13(20-10)8(2)17-12-6-9(15)4-5-11(12)14(18)19/h4-8,17H,3H2,1-2H3,(H,18,19). The average Bonchev–Trinajstić information content (AvgIpc) is 2.87. The maximum absolute atomic E-state index is 11.2. The lowest BCUT2D eigenvalue weighted by molar-refractivity contribution is 0.0698. The van der Waals surface area contributed by atoms with Crippen molar-refractivity contribution in [2.45, 2.75) is 26.3 Å². The van der Waals surface area contributed by atoms with E-state index in [0.29, 0.717) is 5.69 Å². The van der Waals surface area contributed by atoms with Crippen LogP contribution in [0.1, 0.15) is 40.1 Å². The van der Waals surface area contributed by atoms with Crippen LogP contribution in [0.5, 0.6) is 0 Å². The van der Waals surface area contributed by atoms with Crippen LogP contribution in [-0.4, -0.2) is 16.1 Å². The molecule has 2 N–H and O–H groups in total. The molecule has 1 atom stereocenters. The van der Waals surface area contributed by atoms with Crippen molar-refractivity contribution in [2.75, 3.05) is 5.32 Å². The average molecular weight is 355 g/mol. The lowest BCUT2D eigenvalue weighted by Gasteiger charge is -2.15. The van der Waals surface area contributed by atoms with Gasteiger partial charge in [-0.25, -0.2) is 9.78 Å². The fraction of sp³-hybridized carbons (Fsp3) is 0.286. The Morgan fingerprint density at radius 3 is 2.90 bits per heavy atom. The van der Waals surface area contributed by atoms with E-state index < -0.39 is 5.97 Å². The summed E-state index contributed by atoms with van der Waals surface area (Å²) in [6, 6.07) is 5.04. The molecule has 1 aromatic carbocycles. The highest BCUT2D eigenvalue weighted by atomic mass is 79.9. The first-order chi connectivity index (χ1) is 9.51. The molecule has 2 rings (SSSR count). The highest BCUT2D eigenvalue weighted by Gasteiger charge is 2.15. The molecule has 6 heteroatoms. The summed E-state index contributed by atoms with van der Waals surface area (Å²) < 4.78 is 0.839. The third-order valence-corrected chi connectivity index (χ3v) is 4.69. The van der Waals surface area contributed by atoms with Crippen molar-refractivity contribution in [2.24, 2.45) is 0 Å². The lowest BCUT2D eigenvalue weighted by Crippen LogP contribution is -2.10. The molecule has 106 valence electrons. The zero-order valence-electron chi connectivity index (χ0n) is 11.2. The van der Waals surface area contributed by atoms with Crippen LogP contribution < -0.4 is 5.32 Å². The largest absolute Gasteiger partial charge is 0.478 e. The van der Waals surface area contributed by atoms with Gasteiger partial charge < -0.3 is 10.4 Å². The highest BCUT2D eigenvalue weighted by Crippen LogP contribution is 2.28. The molecule has 1 heterocycles. The molecule has 0 aliphatic rings. The Kier molecular flexibility index (Phi) is 4.77. The number of benzene rings is 1. The first kappa shape index (κ1) is 15.0. The first-order valence-electron chi connectivity index (χ1n) is 6.25. The molecule has 0 fully saturated rings. The molecule has 1 unspecified atom stereocenters. The van der Waals surface area contributed by atoms with E-state index in [9.17, 15) is 9.90 Å². The van der Waals surface area contributed by atoms with E-state index in [4.69, 9.17) is 0 Å². The maximum Gasteiger partial charge on any atom is 0.337 e. The van der Waals surface area contributed by atoms with Gasteiger partial charge in [-0.05, 0) is 31.5 Å². The first-order valence-corrected chi connectivity index (χ1v) is 7.86. The van der Waals surface area contributed by atoms with E-state index in [1.54, 1.807) is 29.5 Å². The van der Waals surface area contributed by atoms with Gasteiger partial charge in [0, 0.05) is 15.5 Å². The Labute approximate surface area is 130 Å². The minimum absolute atomic E-state index is 0.0345. The number of aryl methyl sites for hydroxylation is 1. The number of nitrogens with one attached hydrogen (secondary N) is 1. The molecular weight excluding hydrogens is 340 g/mol. The zero-order valence-corrected chi connectivity index (χ0v) is 13.6. The summed E-state index contributed by atoms with van der Waals surface area (Å²) in [4.78, 5) is 16.8. The van der Waals surface area contributed by atoms with E-state index in [1.807, 2.05) is 13.1 Å². The number of aromatic nitrogens is 1. The van der Waals surface area contributed by atoms with Crippen LogP contribution in [0, 0.1) is 0 Å². The second-order valence-corrected chi connectivity index (χ2v) is 6.44. The minimum atomic E-state index is -0.944. The van der Waals surface area contributed by atoms with Crippen LogP contribution in [0.2, 0.25) is 0 Å². The molecule has 0 amide bonds. The summed E-state index contributed by atoms with van der Waals surface area (Å²) in [5.41, 5.74) is 0.847. The van der Waals surface area contributed by atoms with Gasteiger partial charge in [0.2, 0.25) is 0 Å². The van der Waals surface area contributed by atoms with Crippen molar-refractivity contribution >= 4 is 38.9 Å². The second kappa shape index (κ2) is 6.37. The van der Waals surface area contributed by atoms with Crippen molar-refractivity contribution in [3.8, 4) is 0 Å². The highest BCUT2D eigenvalue weighted by molar-refractivity contribution is 9.10. The molecule has 0 spiro atoms. The number of carboxylic acid groups (broad SMARTS) is 1. The normalized spacial score (nSPS) is 12.2. The van der Waals surface area contributed by atoms with Crippen molar-refractivity contribution < 1.29 is 9.90 Å². The SMILES string of the molecule is CCc1cnc(C(C)Nc2cc(Br)ccc2C(=O)O)s1. The number of aromatic carboxylic acids is 1. The van der Waals surface area contributed by atoms with Crippen LogP contribution in [0.25, 0.3) is 0 Å². The minimum Gasteiger partial charge on any atom is -0.478 e. The molecule has 0 aliphatic carbocycles.